The van der Waals surface area contributed by atoms with Crippen molar-refractivity contribution in [2.75, 3.05) is 13.2 Å². The van der Waals surface area contributed by atoms with Crippen molar-refractivity contribution in [3.63, 3.8) is 0 Å². The van der Waals surface area contributed by atoms with Crippen molar-refractivity contribution in [1.29, 1.82) is 0 Å². The highest BCUT2D eigenvalue weighted by atomic mass is 16.3. The van der Waals surface area contributed by atoms with Crippen molar-refractivity contribution in [3.05, 3.63) is 35.4 Å². The van der Waals surface area contributed by atoms with Gasteiger partial charge in [-0.15, -0.1) is 0 Å². The van der Waals surface area contributed by atoms with Gasteiger partial charge in [0.1, 0.15) is 0 Å². The largest absolute Gasteiger partial charge is 0.395 e. The van der Waals surface area contributed by atoms with Crippen molar-refractivity contribution in [3.8, 4) is 0 Å². The molecule has 1 amide bonds. The van der Waals surface area contributed by atoms with Crippen LogP contribution in [0, 0.1) is 0 Å². The Kier molecular flexibility index (Phi) is 5.70. The molecule has 0 unspecified atom stereocenters. The Labute approximate surface area is 103 Å². The number of nitrogens with one attached hydrogen (secondary N) is 1. The monoisotopic (exact) mass is 235 g/mol. The molecular formula is C14H21NO2. The summed E-state index contributed by atoms with van der Waals surface area (Å²) in [6.45, 7) is 4.66. The molecule has 0 bridgehead atoms. The number of aryl methyl sites for hydroxylation is 1. The number of carbonyl (C=O) groups excluding carboxylic acids is 1. The molecule has 0 aromatic heterocycles. The fourth-order valence-electron chi connectivity index (χ4n) is 1.61. The summed E-state index contributed by atoms with van der Waals surface area (Å²) >= 11 is 0. The van der Waals surface area contributed by atoms with E-state index in [0.717, 1.165) is 6.42 Å². The van der Waals surface area contributed by atoms with E-state index < -0.39 is 0 Å². The van der Waals surface area contributed by atoms with Crippen LogP contribution in [0.4, 0.5) is 0 Å². The number of amides is 1. The van der Waals surface area contributed by atoms with Crippen LogP contribution in [0.5, 0.6) is 0 Å². The standard InChI is InChI=1S/C14H21NO2/c1-11(2)13-6-3-12(4-7-13)5-8-14(17)15-9-10-16/h3-4,6-7,11,16H,5,8-10H2,1-2H3,(H,15,17). The SMILES string of the molecule is CC(C)c1ccc(CCC(=O)NCCO)cc1. The van der Waals surface area contributed by atoms with Gasteiger partial charge in [-0.25, -0.2) is 0 Å². The van der Waals surface area contributed by atoms with Gasteiger partial charge in [-0.1, -0.05) is 38.1 Å². The Morgan fingerprint density at radius 3 is 2.47 bits per heavy atom. The number of rotatable bonds is 6. The maximum absolute atomic E-state index is 11.3. The molecule has 0 saturated carbocycles. The molecule has 0 radical (unpaired) electrons. The van der Waals surface area contributed by atoms with E-state index in [4.69, 9.17) is 5.11 Å². The number of benzene rings is 1. The fourth-order valence-corrected chi connectivity index (χ4v) is 1.61. The molecule has 1 rings (SSSR count). The van der Waals surface area contributed by atoms with E-state index in [2.05, 4.69) is 43.4 Å². The molecule has 1 aromatic rings. The number of aliphatic hydroxyl groups is 1. The van der Waals surface area contributed by atoms with Gasteiger partial charge in [0, 0.05) is 13.0 Å². The first-order valence-corrected chi connectivity index (χ1v) is 6.10. The van der Waals surface area contributed by atoms with Crippen LogP contribution >= 0.6 is 0 Å². The van der Waals surface area contributed by atoms with Crippen LogP contribution in [0.15, 0.2) is 24.3 Å². The van der Waals surface area contributed by atoms with E-state index in [9.17, 15) is 4.79 Å². The van der Waals surface area contributed by atoms with Gasteiger partial charge >= 0.3 is 0 Å². The zero-order valence-electron chi connectivity index (χ0n) is 10.6. The molecule has 0 aliphatic rings. The first kappa shape index (κ1) is 13.7. The molecular weight excluding hydrogens is 214 g/mol. The van der Waals surface area contributed by atoms with E-state index >= 15 is 0 Å². The van der Waals surface area contributed by atoms with Crippen LogP contribution in [0.1, 0.15) is 37.3 Å². The predicted octanol–water partition coefficient (Wildman–Crippen LogP) is 1.85. The molecule has 0 atom stereocenters. The Hall–Kier alpha value is -1.35. The third-order valence-electron chi connectivity index (χ3n) is 2.72. The quantitative estimate of drug-likeness (QED) is 0.790. The fraction of sp³-hybridized carbons (Fsp3) is 0.500. The second-order valence-electron chi connectivity index (χ2n) is 4.47. The van der Waals surface area contributed by atoms with Crippen LogP contribution in [0.2, 0.25) is 0 Å². The number of aliphatic hydroxyl groups excluding tert-OH is 1. The van der Waals surface area contributed by atoms with Crippen molar-refractivity contribution < 1.29 is 9.90 Å². The molecule has 0 aliphatic heterocycles. The lowest BCUT2D eigenvalue weighted by atomic mass is 10.0. The molecule has 2 N–H and O–H groups in total. The minimum atomic E-state index is -0.00742. The summed E-state index contributed by atoms with van der Waals surface area (Å²) in [5.74, 6) is 0.531. The minimum Gasteiger partial charge on any atom is -0.395 e. The molecule has 3 heteroatoms. The molecule has 94 valence electrons. The van der Waals surface area contributed by atoms with Gasteiger partial charge in [-0.2, -0.15) is 0 Å². The summed E-state index contributed by atoms with van der Waals surface area (Å²) in [6, 6.07) is 8.39. The zero-order chi connectivity index (χ0) is 12.7. The topological polar surface area (TPSA) is 49.3 Å². The van der Waals surface area contributed by atoms with E-state index in [1.807, 2.05) is 0 Å². The predicted molar refractivity (Wildman–Crippen MR) is 68.9 cm³/mol. The summed E-state index contributed by atoms with van der Waals surface area (Å²) < 4.78 is 0. The van der Waals surface area contributed by atoms with Crippen LogP contribution in [-0.4, -0.2) is 24.2 Å². The van der Waals surface area contributed by atoms with E-state index in [1.54, 1.807) is 0 Å². The zero-order valence-corrected chi connectivity index (χ0v) is 10.6. The summed E-state index contributed by atoms with van der Waals surface area (Å²) in [5.41, 5.74) is 2.49. The Bertz CT molecular complexity index is 344. The lowest BCUT2D eigenvalue weighted by Gasteiger charge is -2.07. The maximum atomic E-state index is 11.3. The van der Waals surface area contributed by atoms with Crippen LogP contribution < -0.4 is 5.32 Å². The van der Waals surface area contributed by atoms with Gasteiger partial charge < -0.3 is 10.4 Å². The summed E-state index contributed by atoms with van der Waals surface area (Å²) in [7, 11) is 0. The van der Waals surface area contributed by atoms with E-state index in [1.165, 1.54) is 11.1 Å². The average molecular weight is 235 g/mol. The second kappa shape index (κ2) is 7.07. The van der Waals surface area contributed by atoms with Gasteiger partial charge in [0.05, 0.1) is 6.61 Å². The molecule has 17 heavy (non-hydrogen) atoms. The van der Waals surface area contributed by atoms with Crippen molar-refractivity contribution in [2.45, 2.75) is 32.6 Å². The number of hydrogen-bond acceptors (Lipinski definition) is 2. The molecule has 0 heterocycles. The second-order valence-corrected chi connectivity index (χ2v) is 4.47. The molecule has 0 spiro atoms. The normalized spacial score (nSPS) is 10.6. The van der Waals surface area contributed by atoms with Gasteiger partial charge in [0.25, 0.3) is 0 Å². The van der Waals surface area contributed by atoms with Gasteiger partial charge in [0.15, 0.2) is 0 Å². The van der Waals surface area contributed by atoms with Crippen LogP contribution in [0.25, 0.3) is 0 Å². The highest BCUT2D eigenvalue weighted by Crippen LogP contribution is 2.15. The molecule has 1 aromatic carbocycles. The Morgan fingerprint density at radius 1 is 1.29 bits per heavy atom. The maximum Gasteiger partial charge on any atom is 0.220 e. The van der Waals surface area contributed by atoms with E-state index in [-0.39, 0.29) is 12.5 Å². The molecule has 0 fully saturated rings. The molecule has 3 nitrogen and oxygen atoms in total. The summed E-state index contributed by atoms with van der Waals surface area (Å²) in [5, 5.41) is 11.2. The minimum absolute atomic E-state index is 0.00513. The van der Waals surface area contributed by atoms with Gasteiger partial charge in [-0.3, -0.25) is 4.79 Å². The lowest BCUT2D eigenvalue weighted by Crippen LogP contribution is -2.26. The summed E-state index contributed by atoms with van der Waals surface area (Å²) in [4.78, 5) is 11.3. The first-order chi connectivity index (χ1) is 8.13. The highest BCUT2D eigenvalue weighted by Gasteiger charge is 2.02. The van der Waals surface area contributed by atoms with E-state index in [0.29, 0.717) is 18.9 Å². The van der Waals surface area contributed by atoms with Gasteiger partial charge in [-0.05, 0) is 23.5 Å². The highest BCUT2D eigenvalue weighted by molar-refractivity contribution is 5.76. The van der Waals surface area contributed by atoms with Crippen molar-refractivity contribution >= 4 is 5.91 Å². The third kappa shape index (κ3) is 5.00. The average Bonchev–Trinajstić information content (AvgIpc) is 2.34. The molecule has 0 aliphatic carbocycles. The molecule has 0 saturated heterocycles. The van der Waals surface area contributed by atoms with Crippen LogP contribution in [-0.2, 0) is 11.2 Å². The smallest absolute Gasteiger partial charge is 0.220 e. The number of hydrogen-bond donors (Lipinski definition) is 2. The van der Waals surface area contributed by atoms with Gasteiger partial charge in [0.2, 0.25) is 5.91 Å². The third-order valence-corrected chi connectivity index (χ3v) is 2.72. The van der Waals surface area contributed by atoms with Crippen molar-refractivity contribution in [1.82, 2.24) is 5.32 Å². The van der Waals surface area contributed by atoms with Crippen molar-refractivity contribution in [2.24, 2.45) is 0 Å². The lowest BCUT2D eigenvalue weighted by molar-refractivity contribution is -0.121. The Balaban J connectivity index is 2.39. The summed E-state index contributed by atoms with van der Waals surface area (Å²) in [6.07, 6.45) is 1.22. The Morgan fingerprint density at radius 2 is 1.94 bits per heavy atom. The first-order valence-electron chi connectivity index (χ1n) is 6.10. The number of carbonyl (C=O) groups is 1. The van der Waals surface area contributed by atoms with Crippen LogP contribution in [0.3, 0.4) is 0 Å².